The van der Waals surface area contributed by atoms with E-state index < -0.39 is 0 Å². The minimum Gasteiger partial charge on any atom is -0.466 e. The minimum atomic E-state index is -0.0239. The molecule has 0 saturated carbocycles. The van der Waals surface area contributed by atoms with Crippen LogP contribution in [0.4, 0.5) is 0 Å². The van der Waals surface area contributed by atoms with Crippen molar-refractivity contribution in [2.45, 2.75) is 144 Å². The Morgan fingerprint density at radius 3 is 1.41 bits per heavy atom. The van der Waals surface area contributed by atoms with Gasteiger partial charge in [-0.15, -0.1) is 0 Å². The third-order valence-corrected chi connectivity index (χ3v) is 6.91. The van der Waals surface area contributed by atoms with E-state index in [1.807, 2.05) is 6.92 Å². The maximum Gasteiger partial charge on any atom is 0.308 e. The molecular weight excluding hydrogens is 424 g/mol. The zero-order valence-corrected chi connectivity index (χ0v) is 23.7. The smallest absolute Gasteiger partial charge is 0.308 e. The molecule has 4 heteroatoms. The second kappa shape index (κ2) is 22.4. The van der Waals surface area contributed by atoms with Crippen LogP contribution in [0.25, 0.3) is 0 Å². The zero-order valence-electron chi connectivity index (χ0n) is 23.7. The Hall–Kier alpha value is -1.06. The third-order valence-electron chi connectivity index (χ3n) is 6.91. The van der Waals surface area contributed by atoms with Crippen LogP contribution in [0.5, 0.6) is 0 Å². The fourth-order valence-electron chi connectivity index (χ4n) is 3.99. The lowest BCUT2D eigenvalue weighted by Gasteiger charge is -2.19. The summed E-state index contributed by atoms with van der Waals surface area (Å²) in [5.74, 6) is 1.54. The van der Waals surface area contributed by atoms with Crippen LogP contribution in [0.2, 0.25) is 0 Å². The van der Waals surface area contributed by atoms with Gasteiger partial charge >= 0.3 is 11.9 Å². The van der Waals surface area contributed by atoms with Gasteiger partial charge in [-0.1, -0.05) is 112 Å². The van der Waals surface area contributed by atoms with Crippen LogP contribution in [0, 0.1) is 23.7 Å². The molecule has 0 aliphatic rings. The van der Waals surface area contributed by atoms with Gasteiger partial charge in [0.15, 0.2) is 0 Å². The fourth-order valence-corrected chi connectivity index (χ4v) is 3.99. The number of carbonyl (C=O) groups is 2. The lowest BCUT2D eigenvalue weighted by molar-refractivity contribution is -0.150. The predicted octanol–water partition coefficient (Wildman–Crippen LogP) is 8.90. The Morgan fingerprint density at radius 1 is 0.529 bits per heavy atom. The standard InChI is InChI=1S/C30H58O4/c1-25(2)21-23-33-29(31)20-18-16-14-12-10-8-7-9-11-13-15-17-19-27(5)28(6)30(32)34-24-22-26(3)4/h25-28H,7-24H2,1-6H3. The van der Waals surface area contributed by atoms with Crippen molar-refractivity contribution in [2.75, 3.05) is 13.2 Å². The highest BCUT2D eigenvalue weighted by atomic mass is 16.5. The molecule has 0 aromatic rings. The number of hydrogen-bond acceptors (Lipinski definition) is 4. The monoisotopic (exact) mass is 482 g/mol. The normalized spacial score (nSPS) is 13.3. The van der Waals surface area contributed by atoms with Gasteiger partial charge in [-0.25, -0.2) is 0 Å². The molecule has 0 spiro atoms. The largest absolute Gasteiger partial charge is 0.466 e. The molecule has 2 atom stereocenters. The first kappa shape index (κ1) is 32.9. The topological polar surface area (TPSA) is 52.6 Å². The number of esters is 2. The van der Waals surface area contributed by atoms with E-state index in [1.165, 1.54) is 64.2 Å². The second-order valence-corrected chi connectivity index (χ2v) is 11.3. The molecule has 0 saturated heterocycles. The third kappa shape index (κ3) is 21.5. The zero-order chi connectivity index (χ0) is 25.6. The first-order chi connectivity index (χ1) is 16.2. The molecule has 0 aromatic carbocycles. The first-order valence-electron chi connectivity index (χ1n) is 14.6. The van der Waals surface area contributed by atoms with Gasteiger partial charge in [0.25, 0.3) is 0 Å². The number of carbonyl (C=O) groups excluding carboxylic acids is 2. The Kier molecular flexibility index (Phi) is 21.7. The molecule has 34 heavy (non-hydrogen) atoms. The number of rotatable bonds is 23. The predicted molar refractivity (Wildman–Crippen MR) is 144 cm³/mol. The summed E-state index contributed by atoms with van der Waals surface area (Å²) >= 11 is 0. The molecule has 202 valence electrons. The molecule has 0 fully saturated rings. The van der Waals surface area contributed by atoms with E-state index in [2.05, 4.69) is 34.6 Å². The molecule has 2 unspecified atom stereocenters. The maximum atomic E-state index is 12.1. The van der Waals surface area contributed by atoms with Gasteiger partial charge in [0.05, 0.1) is 19.1 Å². The average molecular weight is 483 g/mol. The van der Waals surface area contributed by atoms with E-state index in [9.17, 15) is 9.59 Å². The van der Waals surface area contributed by atoms with Gasteiger partial charge in [0, 0.05) is 6.42 Å². The summed E-state index contributed by atoms with van der Waals surface area (Å²) in [5, 5.41) is 0. The first-order valence-corrected chi connectivity index (χ1v) is 14.6. The van der Waals surface area contributed by atoms with Crippen molar-refractivity contribution < 1.29 is 19.1 Å². The maximum absolute atomic E-state index is 12.1. The van der Waals surface area contributed by atoms with Gasteiger partial charge in [-0.2, -0.15) is 0 Å². The Bertz CT molecular complexity index is 486. The van der Waals surface area contributed by atoms with Gasteiger partial charge < -0.3 is 9.47 Å². The van der Waals surface area contributed by atoms with E-state index in [4.69, 9.17) is 9.47 Å². The highest BCUT2D eigenvalue weighted by Gasteiger charge is 2.21. The average Bonchev–Trinajstić information content (AvgIpc) is 2.77. The molecule has 0 rings (SSSR count). The molecule has 0 heterocycles. The van der Waals surface area contributed by atoms with Gasteiger partial charge in [-0.05, 0) is 43.4 Å². The van der Waals surface area contributed by atoms with Crippen LogP contribution in [0.3, 0.4) is 0 Å². The summed E-state index contributed by atoms with van der Waals surface area (Å²) in [6.07, 6.45) is 18.7. The number of hydrogen-bond donors (Lipinski definition) is 0. The summed E-state index contributed by atoms with van der Waals surface area (Å²) in [5.41, 5.74) is 0. The summed E-state index contributed by atoms with van der Waals surface area (Å²) in [6.45, 7) is 13.9. The van der Waals surface area contributed by atoms with Crippen molar-refractivity contribution in [3.05, 3.63) is 0 Å². The summed E-state index contributed by atoms with van der Waals surface area (Å²) in [4.78, 5) is 23.8. The van der Waals surface area contributed by atoms with Crippen molar-refractivity contribution in [1.82, 2.24) is 0 Å². The van der Waals surface area contributed by atoms with Crippen LogP contribution < -0.4 is 0 Å². The van der Waals surface area contributed by atoms with Gasteiger partial charge in [-0.3, -0.25) is 9.59 Å². The Morgan fingerprint density at radius 2 is 0.941 bits per heavy atom. The lowest BCUT2D eigenvalue weighted by Crippen LogP contribution is -2.22. The summed E-state index contributed by atoms with van der Waals surface area (Å²) in [7, 11) is 0. The summed E-state index contributed by atoms with van der Waals surface area (Å²) in [6, 6.07) is 0. The molecule has 4 nitrogen and oxygen atoms in total. The van der Waals surface area contributed by atoms with Crippen molar-refractivity contribution >= 4 is 11.9 Å². The summed E-state index contributed by atoms with van der Waals surface area (Å²) < 4.78 is 10.7. The van der Waals surface area contributed by atoms with E-state index in [1.54, 1.807) is 0 Å². The van der Waals surface area contributed by atoms with E-state index in [-0.39, 0.29) is 17.9 Å². The minimum absolute atomic E-state index is 0.00991. The molecule has 0 aliphatic heterocycles. The number of unbranched alkanes of at least 4 members (excludes halogenated alkanes) is 11. The molecule has 0 amide bonds. The van der Waals surface area contributed by atoms with Crippen molar-refractivity contribution in [2.24, 2.45) is 23.7 Å². The lowest BCUT2D eigenvalue weighted by atomic mass is 9.90. The molecule has 0 N–H and O–H groups in total. The van der Waals surface area contributed by atoms with Crippen molar-refractivity contribution in [3.63, 3.8) is 0 Å². The highest BCUT2D eigenvalue weighted by molar-refractivity contribution is 5.72. The highest BCUT2D eigenvalue weighted by Crippen LogP contribution is 2.21. The van der Waals surface area contributed by atoms with E-state index in [0.717, 1.165) is 32.1 Å². The van der Waals surface area contributed by atoms with Crippen molar-refractivity contribution in [1.29, 1.82) is 0 Å². The molecular formula is C30H58O4. The molecule has 0 bridgehead atoms. The molecule has 0 radical (unpaired) electrons. The quantitative estimate of drug-likeness (QED) is 0.108. The second-order valence-electron chi connectivity index (χ2n) is 11.3. The van der Waals surface area contributed by atoms with E-state index >= 15 is 0 Å². The van der Waals surface area contributed by atoms with Gasteiger partial charge in [0.2, 0.25) is 0 Å². The fraction of sp³-hybridized carbons (Fsp3) is 0.933. The Labute approximate surface area is 212 Å². The van der Waals surface area contributed by atoms with Crippen LogP contribution in [-0.2, 0) is 19.1 Å². The Balaban J connectivity index is 3.41. The SMILES string of the molecule is CC(C)CCOC(=O)CCCCCCCCCCCCCCC(C)C(C)C(=O)OCCC(C)C. The number of ether oxygens (including phenoxy) is 2. The van der Waals surface area contributed by atoms with Crippen LogP contribution in [0.1, 0.15) is 144 Å². The van der Waals surface area contributed by atoms with E-state index in [0.29, 0.717) is 37.4 Å². The van der Waals surface area contributed by atoms with Crippen molar-refractivity contribution in [3.8, 4) is 0 Å². The van der Waals surface area contributed by atoms with Gasteiger partial charge in [0.1, 0.15) is 0 Å². The van der Waals surface area contributed by atoms with Crippen LogP contribution in [0.15, 0.2) is 0 Å². The van der Waals surface area contributed by atoms with Crippen LogP contribution >= 0.6 is 0 Å². The van der Waals surface area contributed by atoms with Crippen LogP contribution in [-0.4, -0.2) is 25.2 Å². The molecule has 0 aliphatic carbocycles. The molecule has 0 aromatic heterocycles.